The molecule has 0 aliphatic heterocycles. The molecule has 1 aromatic heterocycles. The lowest BCUT2D eigenvalue weighted by Gasteiger charge is -2.21. The van der Waals surface area contributed by atoms with Gasteiger partial charge in [0, 0.05) is 23.2 Å². The second-order valence-electron chi connectivity index (χ2n) is 5.39. The zero-order valence-corrected chi connectivity index (χ0v) is 13.5. The first-order valence-electron chi connectivity index (χ1n) is 6.89. The maximum absolute atomic E-state index is 12.8. The molecule has 1 aliphatic carbocycles. The average molecular weight is 322 g/mol. The van der Waals surface area contributed by atoms with Crippen molar-refractivity contribution >= 4 is 27.0 Å². The number of benzene rings is 1. The maximum atomic E-state index is 12.8. The second kappa shape index (κ2) is 5.44. The van der Waals surface area contributed by atoms with Crippen LogP contribution in [0.5, 0.6) is 0 Å². The van der Waals surface area contributed by atoms with E-state index in [4.69, 9.17) is 5.73 Å². The first-order chi connectivity index (χ1) is 9.96. The minimum Gasteiger partial charge on any atom is -0.399 e. The smallest absolute Gasteiger partial charge is 0.253 e. The van der Waals surface area contributed by atoms with Gasteiger partial charge in [-0.2, -0.15) is 4.31 Å². The van der Waals surface area contributed by atoms with Crippen LogP contribution in [0.3, 0.4) is 0 Å². The number of nitrogens with two attached hydrogens (primary N) is 1. The van der Waals surface area contributed by atoms with Crippen LogP contribution < -0.4 is 5.73 Å². The van der Waals surface area contributed by atoms with Gasteiger partial charge in [0.2, 0.25) is 0 Å². The molecule has 21 heavy (non-hydrogen) atoms. The Hall–Kier alpha value is -1.37. The molecule has 1 heterocycles. The van der Waals surface area contributed by atoms with Crippen molar-refractivity contribution in [3.63, 3.8) is 0 Å². The largest absolute Gasteiger partial charge is 0.399 e. The SMILES string of the molecule is Cc1ccc(S(=O)(=O)N(Cc2cccc(N)c2)C2CC2)s1. The number of hydrogen-bond acceptors (Lipinski definition) is 4. The van der Waals surface area contributed by atoms with E-state index in [1.54, 1.807) is 10.4 Å². The topological polar surface area (TPSA) is 63.4 Å². The van der Waals surface area contributed by atoms with E-state index in [1.165, 1.54) is 11.3 Å². The Kier molecular flexibility index (Phi) is 3.77. The third-order valence-corrected chi connectivity index (χ3v) is 6.89. The van der Waals surface area contributed by atoms with Crippen molar-refractivity contribution in [3.05, 3.63) is 46.8 Å². The Morgan fingerprint density at radius 3 is 2.62 bits per heavy atom. The number of nitrogens with zero attached hydrogens (tertiary/aromatic N) is 1. The molecule has 6 heteroatoms. The van der Waals surface area contributed by atoms with Gasteiger partial charge in [-0.05, 0) is 49.6 Å². The highest BCUT2D eigenvalue weighted by Crippen LogP contribution is 2.35. The molecule has 4 nitrogen and oxygen atoms in total. The highest BCUT2D eigenvalue weighted by atomic mass is 32.2. The van der Waals surface area contributed by atoms with Gasteiger partial charge in [0.25, 0.3) is 10.0 Å². The average Bonchev–Trinajstić information content (AvgIpc) is 3.16. The summed E-state index contributed by atoms with van der Waals surface area (Å²) in [7, 11) is -3.42. The van der Waals surface area contributed by atoms with Gasteiger partial charge in [0.1, 0.15) is 4.21 Å². The van der Waals surface area contributed by atoms with Crippen LogP contribution in [0.15, 0.2) is 40.6 Å². The molecule has 0 saturated heterocycles. The first kappa shape index (κ1) is 14.6. The van der Waals surface area contributed by atoms with Crippen molar-refractivity contribution in [2.24, 2.45) is 0 Å². The second-order valence-corrected chi connectivity index (χ2v) is 8.80. The van der Waals surface area contributed by atoms with Crippen molar-refractivity contribution in [1.82, 2.24) is 4.31 Å². The normalized spacial score (nSPS) is 15.5. The molecule has 0 atom stereocenters. The third kappa shape index (κ3) is 3.12. The lowest BCUT2D eigenvalue weighted by Crippen LogP contribution is -2.32. The van der Waals surface area contributed by atoms with Gasteiger partial charge in [-0.25, -0.2) is 8.42 Å². The van der Waals surface area contributed by atoms with E-state index in [1.807, 2.05) is 37.3 Å². The van der Waals surface area contributed by atoms with Crippen LogP contribution in [0.4, 0.5) is 5.69 Å². The Bertz CT molecular complexity index is 749. The first-order valence-corrected chi connectivity index (χ1v) is 9.15. The van der Waals surface area contributed by atoms with Gasteiger partial charge < -0.3 is 5.73 Å². The molecule has 112 valence electrons. The Morgan fingerprint density at radius 1 is 1.29 bits per heavy atom. The van der Waals surface area contributed by atoms with Crippen molar-refractivity contribution < 1.29 is 8.42 Å². The molecule has 1 saturated carbocycles. The summed E-state index contributed by atoms with van der Waals surface area (Å²) >= 11 is 1.33. The fraction of sp³-hybridized carbons (Fsp3) is 0.333. The molecular formula is C15H18N2O2S2. The summed E-state index contributed by atoms with van der Waals surface area (Å²) in [5, 5.41) is 0. The van der Waals surface area contributed by atoms with Gasteiger partial charge in [-0.3, -0.25) is 0 Å². The molecule has 0 spiro atoms. The highest BCUT2D eigenvalue weighted by Gasteiger charge is 2.38. The van der Waals surface area contributed by atoms with Crippen LogP contribution in [0, 0.1) is 6.92 Å². The van der Waals surface area contributed by atoms with E-state index in [9.17, 15) is 8.42 Å². The summed E-state index contributed by atoms with van der Waals surface area (Å²) in [6.45, 7) is 2.30. The Labute approximate surface area is 129 Å². The molecule has 0 bridgehead atoms. The Balaban J connectivity index is 1.91. The summed E-state index contributed by atoms with van der Waals surface area (Å²) < 4.78 is 27.7. The highest BCUT2D eigenvalue weighted by molar-refractivity contribution is 7.91. The van der Waals surface area contributed by atoms with E-state index in [0.717, 1.165) is 23.3 Å². The lowest BCUT2D eigenvalue weighted by molar-refractivity contribution is 0.400. The summed E-state index contributed by atoms with van der Waals surface area (Å²) in [4.78, 5) is 1.01. The molecular weight excluding hydrogens is 304 g/mol. The lowest BCUT2D eigenvalue weighted by atomic mass is 10.2. The molecule has 3 rings (SSSR count). The number of rotatable bonds is 5. The molecule has 0 unspecified atom stereocenters. The van der Waals surface area contributed by atoms with E-state index in [-0.39, 0.29) is 6.04 Å². The number of nitrogen functional groups attached to an aromatic ring is 1. The standard InChI is InChI=1S/C15H18N2O2S2/c1-11-5-8-15(20-11)21(18,19)17(14-6-7-14)10-12-3-2-4-13(16)9-12/h2-5,8-9,14H,6-7,10,16H2,1H3. The minimum absolute atomic E-state index is 0.124. The van der Waals surface area contributed by atoms with E-state index in [2.05, 4.69) is 0 Å². The number of thiophene rings is 1. The summed E-state index contributed by atoms with van der Waals surface area (Å²) in [6.07, 6.45) is 1.87. The van der Waals surface area contributed by atoms with Gasteiger partial charge in [-0.1, -0.05) is 12.1 Å². The van der Waals surface area contributed by atoms with Crippen LogP contribution in [0.2, 0.25) is 0 Å². The fourth-order valence-corrected chi connectivity index (χ4v) is 5.40. The van der Waals surface area contributed by atoms with Crippen LogP contribution in [0.25, 0.3) is 0 Å². The van der Waals surface area contributed by atoms with Crippen LogP contribution in [-0.4, -0.2) is 18.8 Å². The summed E-state index contributed by atoms with van der Waals surface area (Å²) in [6, 6.07) is 11.1. The molecule has 2 N–H and O–H groups in total. The van der Waals surface area contributed by atoms with Crippen molar-refractivity contribution in [1.29, 1.82) is 0 Å². The van der Waals surface area contributed by atoms with Crippen molar-refractivity contribution in [2.45, 2.75) is 36.6 Å². The zero-order valence-electron chi connectivity index (χ0n) is 11.8. The summed E-state index contributed by atoms with van der Waals surface area (Å²) in [5.41, 5.74) is 7.37. The van der Waals surface area contributed by atoms with Crippen molar-refractivity contribution in [3.8, 4) is 0 Å². The van der Waals surface area contributed by atoms with Gasteiger partial charge in [0.05, 0.1) is 0 Å². The number of anilines is 1. The van der Waals surface area contributed by atoms with Gasteiger partial charge in [-0.15, -0.1) is 11.3 Å². The molecule has 1 fully saturated rings. The molecule has 0 radical (unpaired) electrons. The van der Waals surface area contributed by atoms with Crippen molar-refractivity contribution in [2.75, 3.05) is 5.73 Å². The summed E-state index contributed by atoms with van der Waals surface area (Å²) in [5.74, 6) is 0. The number of sulfonamides is 1. The number of hydrogen-bond donors (Lipinski definition) is 1. The fourth-order valence-electron chi connectivity index (χ4n) is 2.31. The van der Waals surface area contributed by atoms with Gasteiger partial charge >= 0.3 is 0 Å². The van der Waals surface area contributed by atoms with Crippen LogP contribution >= 0.6 is 11.3 Å². The van der Waals surface area contributed by atoms with E-state index in [0.29, 0.717) is 16.4 Å². The third-order valence-electron chi connectivity index (χ3n) is 3.52. The van der Waals surface area contributed by atoms with Gasteiger partial charge in [0.15, 0.2) is 0 Å². The minimum atomic E-state index is -3.42. The molecule has 2 aromatic rings. The number of aryl methyl sites for hydroxylation is 1. The molecule has 0 amide bonds. The molecule has 1 aromatic carbocycles. The Morgan fingerprint density at radius 2 is 2.05 bits per heavy atom. The maximum Gasteiger partial charge on any atom is 0.253 e. The van der Waals surface area contributed by atoms with E-state index < -0.39 is 10.0 Å². The predicted octanol–water partition coefficient (Wildman–Crippen LogP) is 2.99. The van der Waals surface area contributed by atoms with Crippen LogP contribution in [-0.2, 0) is 16.6 Å². The monoisotopic (exact) mass is 322 g/mol. The van der Waals surface area contributed by atoms with E-state index >= 15 is 0 Å². The van der Waals surface area contributed by atoms with Crippen LogP contribution in [0.1, 0.15) is 23.3 Å². The quantitative estimate of drug-likeness (QED) is 0.861. The predicted molar refractivity (Wildman–Crippen MR) is 85.7 cm³/mol. The zero-order chi connectivity index (χ0) is 15.0. The molecule has 1 aliphatic rings.